The van der Waals surface area contributed by atoms with Crippen molar-refractivity contribution in [2.75, 3.05) is 18.0 Å². The van der Waals surface area contributed by atoms with Crippen LogP contribution in [0.4, 0.5) is 5.82 Å². The van der Waals surface area contributed by atoms with E-state index in [0.717, 1.165) is 35.2 Å². The molecule has 1 aromatic heterocycles. The highest BCUT2D eigenvalue weighted by Crippen LogP contribution is 2.30. The van der Waals surface area contributed by atoms with Crippen LogP contribution >= 0.6 is 0 Å². The van der Waals surface area contributed by atoms with Crippen LogP contribution in [0.15, 0.2) is 24.3 Å². The quantitative estimate of drug-likeness (QED) is 0.831. The normalized spacial score (nSPS) is 23.8. The molecule has 1 aromatic carbocycles. The molecule has 1 aliphatic heterocycles. The summed E-state index contributed by atoms with van der Waals surface area (Å²) in [5.74, 6) is 0.883. The lowest BCUT2D eigenvalue weighted by Crippen LogP contribution is -2.30. The van der Waals surface area contributed by atoms with Gasteiger partial charge in [0, 0.05) is 23.9 Å². The molecule has 1 unspecified atom stereocenters. The molecule has 0 bridgehead atoms. The van der Waals surface area contributed by atoms with E-state index in [1.54, 1.807) is 0 Å². The summed E-state index contributed by atoms with van der Waals surface area (Å²) in [6.07, 6.45) is 0.775. The molecule has 1 atom stereocenters. The lowest BCUT2D eigenvalue weighted by Gasteiger charge is -2.21. The Morgan fingerprint density at radius 1 is 1.22 bits per heavy atom. The number of hydrogen-bond acceptors (Lipinski definition) is 4. The maximum absolute atomic E-state index is 10.1. The molecule has 94 valence electrons. The van der Waals surface area contributed by atoms with Crippen LogP contribution in [-0.4, -0.2) is 34.0 Å². The molecule has 18 heavy (non-hydrogen) atoms. The minimum atomic E-state index is -0.617. The summed E-state index contributed by atoms with van der Waals surface area (Å²) in [5.41, 5.74) is 0.327. The van der Waals surface area contributed by atoms with Crippen molar-refractivity contribution >= 4 is 16.6 Å². The van der Waals surface area contributed by atoms with Crippen molar-refractivity contribution in [1.29, 1.82) is 0 Å². The van der Waals surface area contributed by atoms with Gasteiger partial charge in [-0.3, -0.25) is 0 Å². The summed E-state index contributed by atoms with van der Waals surface area (Å²) < 4.78 is 0. The number of hydrogen-bond donors (Lipinski definition) is 1. The highest BCUT2D eigenvalue weighted by molar-refractivity contribution is 5.93. The fraction of sp³-hybridized carbons (Fsp3) is 0.429. The van der Waals surface area contributed by atoms with E-state index in [9.17, 15) is 5.11 Å². The number of rotatable bonds is 1. The molecule has 0 spiro atoms. The van der Waals surface area contributed by atoms with Crippen molar-refractivity contribution in [2.45, 2.75) is 25.9 Å². The van der Waals surface area contributed by atoms with Gasteiger partial charge >= 0.3 is 0 Å². The fourth-order valence-corrected chi connectivity index (χ4v) is 2.58. The van der Waals surface area contributed by atoms with Crippen molar-refractivity contribution in [3.05, 3.63) is 30.0 Å². The largest absolute Gasteiger partial charge is 0.388 e. The van der Waals surface area contributed by atoms with Crippen LogP contribution in [0, 0.1) is 6.92 Å². The molecule has 2 aromatic rings. The van der Waals surface area contributed by atoms with E-state index < -0.39 is 5.60 Å². The number of aryl methyl sites for hydroxylation is 1. The van der Waals surface area contributed by atoms with E-state index in [2.05, 4.69) is 27.2 Å². The van der Waals surface area contributed by atoms with Crippen LogP contribution in [0.25, 0.3) is 10.8 Å². The van der Waals surface area contributed by atoms with E-state index in [1.807, 2.05) is 26.0 Å². The number of aromatic nitrogens is 2. The molecule has 4 nitrogen and oxygen atoms in total. The summed E-state index contributed by atoms with van der Waals surface area (Å²) in [6, 6.07) is 8.17. The van der Waals surface area contributed by atoms with Gasteiger partial charge < -0.3 is 10.0 Å². The predicted octanol–water partition coefficient (Wildman–Crippen LogP) is 1.90. The summed E-state index contributed by atoms with van der Waals surface area (Å²) in [4.78, 5) is 2.12. The van der Waals surface area contributed by atoms with E-state index in [0.29, 0.717) is 6.54 Å². The Balaban J connectivity index is 2.11. The maximum Gasteiger partial charge on any atom is 0.159 e. The van der Waals surface area contributed by atoms with Crippen LogP contribution in [0.1, 0.15) is 19.0 Å². The summed E-state index contributed by atoms with van der Waals surface area (Å²) in [7, 11) is 0. The molecule has 4 heteroatoms. The van der Waals surface area contributed by atoms with Crippen molar-refractivity contribution < 1.29 is 5.11 Å². The van der Waals surface area contributed by atoms with Crippen molar-refractivity contribution in [2.24, 2.45) is 0 Å². The lowest BCUT2D eigenvalue weighted by molar-refractivity contribution is 0.0839. The monoisotopic (exact) mass is 243 g/mol. The third kappa shape index (κ3) is 1.82. The van der Waals surface area contributed by atoms with Crippen molar-refractivity contribution in [3.63, 3.8) is 0 Å². The summed E-state index contributed by atoms with van der Waals surface area (Å²) >= 11 is 0. The second-order valence-electron chi connectivity index (χ2n) is 5.32. The van der Waals surface area contributed by atoms with E-state index in [4.69, 9.17) is 0 Å². The third-order valence-corrected chi connectivity index (χ3v) is 3.60. The van der Waals surface area contributed by atoms with Gasteiger partial charge in [-0.25, -0.2) is 0 Å². The zero-order chi connectivity index (χ0) is 12.8. The van der Waals surface area contributed by atoms with Crippen LogP contribution in [0.3, 0.4) is 0 Å². The van der Waals surface area contributed by atoms with Gasteiger partial charge in [-0.05, 0) is 20.3 Å². The molecule has 1 aliphatic rings. The zero-order valence-corrected chi connectivity index (χ0v) is 10.7. The van der Waals surface area contributed by atoms with Crippen molar-refractivity contribution in [1.82, 2.24) is 10.2 Å². The lowest BCUT2D eigenvalue weighted by atomic mass is 10.1. The standard InChI is InChI=1S/C14H17N3O/c1-10-11-5-3-4-6-12(11)13(16-15-10)17-8-7-14(2,18)9-17/h3-6,18H,7-9H2,1-2H3. The number of fused-ring (bicyclic) bond motifs is 1. The molecule has 1 fully saturated rings. The molecule has 0 amide bonds. The van der Waals surface area contributed by atoms with Crippen LogP contribution < -0.4 is 4.90 Å². The van der Waals surface area contributed by atoms with Gasteiger partial charge in [-0.15, -0.1) is 5.10 Å². The van der Waals surface area contributed by atoms with E-state index in [-0.39, 0.29) is 0 Å². The highest BCUT2D eigenvalue weighted by atomic mass is 16.3. The molecular weight excluding hydrogens is 226 g/mol. The SMILES string of the molecule is Cc1nnc(N2CCC(C)(O)C2)c2ccccc12. The molecule has 0 radical (unpaired) electrons. The number of aliphatic hydroxyl groups is 1. The zero-order valence-electron chi connectivity index (χ0n) is 10.7. The smallest absolute Gasteiger partial charge is 0.159 e. The Labute approximate surface area is 106 Å². The maximum atomic E-state index is 10.1. The molecule has 1 saturated heterocycles. The highest BCUT2D eigenvalue weighted by Gasteiger charge is 2.32. The van der Waals surface area contributed by atoms with E-state index in [1.165, 1.54) is 0 Å². The van der Waals surface area contributed by atoms with Gasteiger partial charge in [0.05, 0.1) is 11.3 Å². The Morgan fingerprint density at radius 3 is 2.61 bits per heavy atom. The molecule has 3 rings (SSSR count). The van der Waals surface area contributed by atoms with Gasteiger partial charge in [-0.2, -0.15) is 5.10 Å². The number of benzene rings is 1. The topological polar surface area (TPSA) is 49.2 Å². The third-order valence-electron chi connectivity index (χ3n) is 3.60. The molecule has 0 aliphatic carbocycles. The Hall–Kier alpha value is -1.68. The van der Waals surface area contributed by atoms with E-state index >= 15 is 0 Å². The molecule has 2 heterocycles. The average Bonchev–Trinajstić information content (AvgIpc) is 2.70. The Kier molecular flexibility index (Phi) is 2.48. The van der Waals surface area contributed by atoms with Gasteiger partial charge in [0.25, 0.3) is 0 Å². The second-order valence-corrected chi connectivity index (χ2v) is 5.32. The van der Waals surface area contributed by atoms with Gasteiger partial charge in [0.2, 0.25) is 0 Å². The second kappa shape index (κ2) is 3.92. The predicted molar refractivity (Wildman–Crippen MR) is 71.7 cm³/mol. The Morgan fingerprint density at radius 2 is 1.94 bits per heavy atom. The van der Waals surface area contributed by atoms with Gasteiger partial charge in [0.15, 0.2) is 5.82 Å². The molecular formula is C14H17N3O. The number of anilines is 1. The minimum Gasteiger partial charge on any atom is -0.388 e. The first-order valence-electron chi connectivity index (χ1n) is 6.26. The van der Waals surface area contributed by atoms with Gasteiger partial charge in [0.1, 0.15) is 0 Å². The number of β-amino-alcohol motifs (C(OH)–C–C–N with tert-alkyl or cyclic N) is 1. The first-order valence-corrected chi connectivity index (χ1v) is 6.26. The van der Waals surface area contributed by atoms with Gasteiger partial charge in [-0.1, -0.05) is 24.3 Å². The fourth-order valence-electron chi connectivity index (χ4n) is 2.58. The molecule has 1 N–H and O–H groups in total. The first-order chi connectivity index (χ1) is 8.57. The first kappa shape index (κ1) is 11.4. The molecule has 0 saturated carbocycles. The number of nitrogens with zero attached hydrogens (tertiary/aromatic N) is 3. The van der Waals surface area contributed by atoms with Crippen LogP contribution in [0.5, 0.6) is 0 Å². The summed E-state index contributed by atoms with van der Waals surface area (Å²) in [5, 5.41) is 20.9. The minimum absolute atomic E-state index is 0.617. The Bertz CT molecular complexity index is 595. The average molecular weight is 243 g/mol. The van der Waals surface area contributed by atoms with Crippen LogP contribution in [0.2, 0.25) is 0 Å². The van der Waals surface area contributed by atoms with Crippen molar-refractivity contribution in [3.8, 4) is 0 Å². The van der Waals surface area contributed by atoms with Crippen LogP contribution in [-0.2, 0) is 0 Å². The summed E-state index contributed by atoms with van der Waals surface area (Å²) in [6.45, 7) is 5.29.